The Balaban J connectivity index is 1.63. The molecule has 0 saturated heterocycles. The number of anilines is 1. The normalized spacial score (nSPS) is 11.0. The lowest BCUT2D eigenvalue weighted by Gasteiger charge is -2.11. The van der Waals surface area contributed by atoms with Crippen LogP contribution >= 0.6 is 0 Å². The third-order valence-corrected chi connectivity index (χ3v) is 5.46. The maximum Gasteiger partial charge on any atom is 0.335 e. The Labute approximate surface area is 184 Å². The Bertz CT molecular complexity index is 1460. The summed E-state index contributed by atoms with van der Waals surface area (Å²) >= 11 is 0. The largest absolute Gasteiger partial charge is 0.478 e. The summed E-state index contributed by atoms with van der Waals surface area (Å²) in [6, 6.07) is 20.6. The van der Waals surface area contributed by atoms with Gasteiger partial charge in [0.1, 0.15) is 13.7 Å². The zero-order chi connectivity index (χ0) is 22.2. The minimum absolute atomic E-state index is 0.191. The Hall–Kier alpha value is -4.46. The van der Waals surface area contributed by atoms with Crippen LogP contribution in [0.5, 0.6) is 0 Å². The van der Waals surface area contributed by atoms with E-state index >= 15 is 0 Å². The van der Waals surface area contributed by atoms with E-state index in [-0.39, 0.29) is 5.56 Å². The topological polar surface area (TPSA) is 106 Å². The highest BCUT2D eigenvalue weighted by Gasteiger charge is 2.17. The second-order valence-electron chi connectivity index (χ2n) is 7.45. The molecule has 0 saturated carbocycles. The number of carbonyl (C=O) groups is 1. The molecule has 0 atom stereocenters. The van der Waals surface area contributed by atoms with E-state index in [1.807, 2.05) is 56.4 Å². The minimum Gasteiger partial charge on any atom is -0.478 e. The number of fused-ring (bicyclic) bond motifs is 1. The lowest BCUT2D eigenvalue weighted by molar-refractivity contribution is 0.0697. The number of hydrogen-bond donors (Lipinski definition) is 2. The molecule has 2 aromatic carbocycles. The molecule has 3 heterocycles. The summed E-state index contributed by atoms with van der Waals surface area (Å²) in [4.78, 5) is 20.8. The maximum atomic E-state index is 11.4. The number of nitrogens with zero attached hydrogens (tertiary/aromatic N) is 4. The molecule has 0 bridgehead atoms. The lowest BCUT2D eigenvalue weighted by Crippen LogP contribution is -2.20. The van der Waals surface area contributed by atoms with Gasteiger partial charge in [0.2, 0.25) is 0 Å². The fourth-order valence-corrected chi connectivity index (χ4v) is 3.71. The van der Waals surface area contributed by atoms with Crippen molar-refractivity contribution in [1.82, 2.24) is 19.6 Å². The molecule has 3 N–H and O–H groups in total. The predicted octanol–water partition coefficient (Wildman–Crippen LogP) is 2.66. The van der Waals surface area contributed by atoms with Crippen LogP contribution in [0.2, 0.25) is 0 Å². The van der Waals surface area contributed by atoms with Crippen LogP contribution < -0.4 is 11.2 Å². The standard InChI is InChI=1S/C24H18BN5O2/c25-20-21(15-7-4-8-16(11-15)24(31)32)29-23-18(13-28-30(23)22(20)26)17-9-10-19(27-12-17)14-5-2-1-3-6-14/h1-13H,25-26H2,(H,31,32). The van der Waals surface area contributed by atoms with Gasteiger partial charge in [-0.05, 0) is 23.7 Å². The van der Waals surface area contributed by atoms with Crippen LogP contribution in [0.4, 0.5) is 5.82 Å². The summed E-state index contributed by atoms with van der Waals surface area (Å²) in [6.07, 6.45) is 3.51. The molecule has 0 aliphatic heterocycles. The van der Waals surface area contributed by atoms with Gasteiger partial charge in [-0.3, -0.25) is 4.98 Å². The van der Waals surface area contributed by atoms with Gasteiger partial charge in [-0.15, -0.1) is 0 Å². The molecular formula is C24H18BN5O2. The summed E-state index contributed by atoms with van der Waals surface area (Å²) in [6.45, 7) is 0. The van der Waals surface area contributed by atoms with Crippen LogP contribution in [0.3, 0.4) is 0 Å². The third-order valence-electron chi connectivity index (χ3n) is 5.46. The molecule has 0 fully saturated rings. The molecule has 0 aliphatic carbocycles. The molecule has 0 radical (unpaired) electrons. The smallest absolute Gasteiger partial charge is 0.335 e. The fraction of sp³-hybridized carbons (Fsp3) is 0. The van der Waals surface area contributed by atoms with Crippen LogP contribution in [0.15, 0.2) is 79.1 Å². The van der Waals surface area contributed by atoms with Crippen molar-refractivity contribution in [3.8, 4) is 33.6 Å². The molecule has 0 amide bonds. The number of aromatic nitrogens is 4. The molecule has 3 aromatic heterocycles. The number of aromatic carboxylic acids is 1. The summed E-state index contributed by atoms with van der Waals surface area (Å²) in [5, 5.41) is 13.8. The second-order valence-corrected chi connectivity index (χ2v) is 7.45. The molecule has 5 rings (SSSR count). The van der Waals surface area contributed by atoms with Crippen LogP contribution in [0.25, 0.3) is 39.3 Å². The number of pyridine rings is 1. The van der Waals surface area contributed by atoms with Gasteiger partial charge >= 0.3 is 5.97 Å². The number of carboxylic acid groups (broad SMARTS) is 1. The molecule has 8 heteroatoms. The molecule has 7 nitrogen and oxygen atoms in total. The number of hydrogen-bond acceptors (Lipinski definition) is 5. The van der Waals surface area contributed by atoms with Crippen LogP contribution in [0.1, 0.15) is 10.4 Å². The van der Waals surface area contributed by atoms with Crippen molar-refractivity contribution in [3.63, 3.8) is 0 Å². The number of rotatable bonds is 4. The van der Waals surface area contributed by atoms with Gasteiger partial charge in [0.25, 0.3) is 0 Å². The third kappa shape index (κ3) is 3.28. The van der Waals surface area contributed by atoms with Gasteiger partial charge in [0, 0.05) is 28.5 Å². The van der Waals surface area contributed by atoms with Crippen molar-refractivity contribution >= 4 is 30.7 Å². The fourth-order valence-electron chi connectivity index (χ4n) is 3.71. The Morgan fingerprint density at radius 3 is 2.44 bits per heavy atom. The first-order valence-corrected chi connectivity index (χ1v) is 10.0. The Kier molecular flexibility index (Phi) is 4.67. The molecule has 0 spiro atoms. The van der Waals surface area contributed by atoms with Gasteiger partial charge < -0.3 is 10.8 Å². The Morgan fingerprint density at radius 2 is 1.72 bits per heavy atom. The van der Waals surface area contributed by atoms with Crippen LogP contribution in [-0.4, -0.2) is 38.5 Å². The summed E-state index contributed by atoms with van der Waals surface area (Å²) in [5.41, 5.74) is 12.7. The van der Waals surface area contributed by atoms with Gasteiger partial charge in [0.05, 0.1) is 23.1 Å². The van der Waals surface area contributed by atoms with Gasteiger partial charge in [-0.1, -0.05) is 48.5 Å². The van der Waals surface area contributed by atoms with Crippen molar-refractivity contribution in [3.05, 3.63) is 84.7 Å². The first-order chi connectivity index (χ1) is 15.5. The van der Waals surface area contributed by atoms with E-state index in [0.29, 0.717) is 22.7 Å². The highest BCUT2D eigenvalue weighted by atomic mass is 16.4. The molecule has 0 aliphatic rings. The van der Waals surface area contributed by atoms with Crippen LogP contribution in [0, 0.1) is 0 Å². The number of nitrogen functional groups attached to an aromatic ring is 1. The zero-order valence-corrected chi connectivity index (χ0v) is 17.2. The molecule has 0 unspecified atom stereocenters. The zero-order valence-electron chi connectivity index (χ0n) is 17.2. The van der Waals surface area contributed by atoms with E-state index in [2.05, 4.69) is 10.1 Å². The second kappa shape index (κ2) is 7.66. The number of benzene rings is 2. The molecule has 32 heavy (non-hydrogen) atoms. The lowest BCUT2D eigenvalue weighted by atomic mass is 9.90. The predicted molar refractivity (Wildman–Crippen MR) is 127 cm³/mol. The maximum absolute atomic E-state index is 11.4. The van der Waals surface area contributed by atoms with Crippen molar-refractivity contribution in [2.45, 2.75) is 0 Å². The summed E-state index contributed by atoms with van der Waals surface area (Å²) in [7, 11) is 1.85. The minimum atomic E-state index is -0.992. The summed E-state index contributed by atoms with van der Waals surface area (Å²) < 4.78 is 1.60. The van der Waals surface area contributed by atoms with Crippen molar-refractivity contribution in [1.29, 1.82) is 0 Å². The average molecular weight is 419 g/mol. The van der Waals surface area contributed by atoms with E-state index < -0.39 is 5.97 Å². The Morgan fingerprint density at radius 1 is 0.938 bits per heavy atom. The highest BCUT2D eigenvalue weighted by molar-refractivity contribution is 6.38. The SMILES string of the molecule is Bc1c(-c2cccc(C(=O)O)c2)nc2c(-c3ccc(-c4ccccc4)nc3)cnn2c1N. The van der Waals surface area contributed by atoms with E-state index in [1.165, 1.54) is 0 Å². The van der Waals surface area contributed by atoms with E-state index in [0.717, 1.165) is 27.8 Å². The monoisotopic (exact) mass is 419 g/mol. The number of carboxylic acids is 1. The van der Waals surface area contributed by atoms with E-state index in [1.54, 1.807) is 35.1 Å². The van der Waals surface area contributed by atoms with Gasteiger partial charge in [-0.25, -0.2) is 9.78 Å². The average Bonchev–Trinajstić information content (AvgIpc) is 3.26. The first kappa shape index (κ1) is 19.5. The molecular weight excluding hydrogens is 401 g/mol. The van der Waals surface area contributed by atoms with Crippen molar-refractivity contribution in [2.24, 2.45) is 0 Å². The molecule has 154 valence electrons. The van der Waals surface area contributed by atoms with E-state index in [9.17, 15) is 9.90 Å². The number of nitrogens with two attached hydrogens (primary N) is 1. The highest BCUT2D eigenvalue weighted by Crippen LogP contribution is 2.28. The van der Waals surface area contributed by atoms with Crippen LogP contribution in [-0.2, 0) is 0 Å². The first-order valence-electron chi connectivity index (χ1n) is 10.0. The quantitative estimate of drug-likeness (QED) is 0.434. The van der Waals surface area contributed by atoms with Crippen molar-refractivity contribution in [2.75, 3.05) is 5.73 Å². The van der Waals surface area contributed by atoms with E-state index in [4.69, 9.17) is 10.7 Å². The van der Waals surface area contributed by atoms with Gasteiger partial charge in [0.15, 0.2) is 5.65 Å². The van der Waals surface area contributed by atoms with Crippen molar-refractivity contribution < 1.29 is 9.90 Å². The molecule has 5 aromatic rings. The van der Waals surface area contributed by atoms with Gasteiger partial charge in [-0.2, -0.15) is 9.61 Å². The summed E-state index contributed by atoms with van der Waals surface area (Å²) in [5.74, 6) is -0.543.